The standard InChI is InChI=1S/C9H13BrN2OS/c1-6(2)7(3-10)12-9(13)8-4-14-5-11-8/h4-7H,3H2,1-2H3,(H,12,13). The minimum absolute atomic E-state index is 0.0931. The molecule has 1 aromatic rings. The summed E-state index contributed by atoms with van der Waals surface area (Å²) in [6.45, 7) is 4.15. The van der Waals surface area contributed by atoms with Crippen LogP contribution < -0.4 is 5.32 Å². The van der Waals surface area contributed by atoms with Crippen LogP contribution in [0, 0.1) is 5.92 Å². The second-order valence-corrected chi connectivity index (χ2v) is 4.72. The van der Waals surface area contributed by atoms with Crippen molar-refractivity contribution < 1.29 is 4.79 Å². The maximum absolute atomic E-state index is 11.6. The molecule has 1 amide bonds. The van der Waals surface area contributed by atoms with Gasteiger partial charge in [-0.2, -0.15) is 0 Å². The van der Waals surface area contributed by atoms with Gasteiger partial charge in [0.2, 0.25) is 0 Å². The van der Waals surface area contributed by atoms with E-state index in [0.717, 1.165) is 5.33 Å². The van der Waals surface area contributed by atoms with Crippen LogP contribution in [0.3, 0.4) is 0 Å². The molecule has 0 aliphatic carbocycles. The van der Waals surface area contributed by atoms with Crippen LogP contribution in [-0.2, 0) is 0 Å². The Hall–Kier alpha value is -0.420. The van der Waals surface area contributed by atoms with E-state index in [9.17, 15) is 4.79 Å². The molecule has 0 saturated heterocycles. The molecule has 1 atom stereocenters. The Labute approximate surface area is 96.1 Å². The van der Waals surface area contributed by atoms with Crippen LogP contribution in [-0.4, -0.2) is 22.3 Å². The number of rotatable bonds is 4. The summed E-state index contributed by atoms with van der Waals surface area (Å²) in [5.74, 6) is 0.321. The van der Waals surface area contributed by atoms with Crippen molar-refractivity contribution >= 4 is 33.2 Å². The molecule has 78 valence electrons. The van der Waals surface area contributed by atoms with E-state index in [-0.39, 0.29) is 11.9 Å². The lowest BCUT2D eigenvalue weighted by atomic mass is 10.1. The number of hydrogen-bond donors (Lipinski definition) is 1. The summed E-state index contributed by atoms with van der Waals surface area (Å²) in [4.78, 5) is 15.5. The Morgan fingerprint density at radius 3 is 2.86 bits per heavy atom. The number of amides is 1. The first kappa shape index (κ1) is 11.7. The minimum atomic E-state index is -0.0931. The van der Waals surface area contributed by atoms with Crippen molar-refractivity contribution in [2.75, 3.05) is 5.33 Å². The van der Waals surface area contributed by atoms with E-state index in [0.29, 0.717) is 11.6 Å². The molecule has 1 N–H and O–H groups in total. The molecule has 0 aliphatic rings. The zero-order valence-electron chi connectivity index (χ0n) is 8.16. The predicted octanol–water partition coefficient (Wildman–Crippen LogP) is 2.29. The van der Waals surface area contributed by atoms with Gasteiger partial charge >= 0.3 is 0 Å². The topological polar surface area (TPSA) is 42.0 Å². The Morgan fingerprint density at radius 2 is 2.43 bits per heavy atom. The van der Waals surface area contributed by atoms with Crippen LogP contribution in [0.2, 0.25) is 0 Å². The normalized spacial score (nSPS) is 12.9. The van der Waals surface area contributed by atoms with Crippen molar-refractivity contribution in [1.29, 1.82) is 0 Å². The summed E-state index contributed by atoms with van der Waals surface area (Å²) in [7, 11) is 0. The third-order valence-corrected chi connectivity index (χ3v) is 3.24. The number of thiazole rings is 1. The number of alkyl halides is 1. The molecular weight excluding hydrogens is 264 g/mol. The summed E-state index contributed by atoms with van der Waals surface area (Å²) < 4.78 is 0. The molecule has 14 heavy (non-hydrogen) atoms. The van der Waals surface area contributed by atoms with E-state index in [4.69, 9.17) is 0 Å². The van der Waals surface area contributed by atoms with Gasteiger partial charge in [-0.15, -0.1) is 11.3 Å². The zero-order valence-corrected chi connectivity index (χ0v) is 10.6. The fraction of sp³-hybridized carbons (Fsp3) is 0.556. The molecule has 0 aromatic carbocycles. The average molecular weight is 277 g/mol. The Kier molecular flexibility index (Phi) is 4.54. The van der Waals surface area contributed by atoms with Crippen LogP contribution >= 0.6 is 27.3 Å². The monoisotopic (exact) mass is 276 g/mol. The average Bonchev–Trinajstić information content (AvgIpc) is 2.65. The maximum Gasteiger partial charge on any atom is 0.271 e. The number of carbonyl (C=O) groups is 1. The van der Waals surface area contributed by atoms with Crippen LogP contribution in [0.15, 0.2) is 10.9 Å². The van der Waals surface area contributed by atoms with Gasteiger partial charge in [-0.3, -0.25) is 4.79 Å². The van der Waals surface area contributed by atoms with Crippen molar-refractivity contribution in [3.63, 3.8) is 0 Å². The van der Waals surface area contributed by atoms with Gasteiger partial charge < -0.3 is 5.32 Å². The number of halogens is 1. The van der Waals surface area contributed by atoms with Gasteiger partial charge in [-0.25, -0.2) is 4.98 Å². The summed E-state index contributed by atoms with van der Waals surface area (Å²) in [6.07, 6.45) is 0. The molecular formula is C9H13BrN2OS. The van der Waals surface area contributed by atoms with E-state index in [2.05, 4.69) is 40.1 Å². The summed E-state index contributed by atoms with van der Waals surface area (Å²) in [6, 6.07) is 0.157. The van der Waals surface area contributed by atoms with Crippen molar-refractivity contribution in [3.05, 3.63) is 16.6 Å². The van der Waals surface area contributed by atoms with Crippen LogP contribution in [0.5, 0.6) is 0 Å². The van der Waals surface area contributed by atoms with E-state index < -0.39 is 0 Å². The quantitative estimate of drug-likeness (QED) is 0.858. The highest BCUT2D eigenvalue weighted by Gasteiger charge is 2.16. The Balaban J connectivity index is 2.56. The minimum Gasteiger partial charge on any atom is -0.347 e. The van der Waals surface area contributed by atoms with Gasteiger partial charge in [0.15, 0.2) is 0 Å². The summed E-state index contributed by atoms with van der Waals surface area (Å²) in [5, 5.41) is 5.44. The lowest BCUT2D eigenvalue weighted by Gasteiger charge is -2.19. The number of hydrogen-bond acceptors (Lipinski definition) is 3. The fourth-order valence-corrected chi connectivity index (χ4v) is 2.39. The Morgan fingerprint density at radius 1 is 1.71 bits per heavy atom. The second kappa shape index (κ2) is 5.46. The molecule has 1 heterocycles. The highest BCUT2D eigenvalue weighted by atomic mass is 79.9. The van der Waals surface area contributed by atoms with Crippen molar-refractivity contribution in [1.82, 2.24) is 10.3 Å². The molecule has 0 aliphatic heterocycles. The van der Waals surface area contributed by atoms with Gasteiger partial charge in [0.25, 0.3) is 5.91 Å². The zero-order chi connectivity index (χ0) is 10.6. The SMILES string of the molecule is CC(C)C(CBr)NC(=O)c1cscn1. The lowest BCUT2D eigenvalue weighted by molar-refractivity contribution is 0.0927. The smallest absolute Gasteiger partial charge is 0.271 e. The number of nitrogens with zero attached hydrogens (tertiary/aromatic N) is 1. The highest BCUT2D eigenvalue weighted by Crippen LogP contribution is 2.07. The predicted molar refractivity (Wildman–Crippen MR) is 62.0 cm³/mol. The molecule has 0 spiro atoms. The van der Waals surface area contributed by atoms with Crippen molar-refractivity contribution in [3.8, 4) is 0 Å². The number of nitrogens with one attached hydrogen (secondary N) is 1. The number of carbonyl (C=O) groups excluding carboxylic acids is 1. The summed E-state index contributed by atoms with van der Waals surface area (Å²) in [5.41, 5.74) is 2.16. The van der Waals surface area contributed by atoms with Crippen molar-refractivity contribution in [2.45, 2.75) is 19.9 Å². The fourth-order valence-electron chi connectivity index (χ4n) is 0.950. The molecule has 0 radical (unpaired) electrons. The molecule has 0 bridgehead atoms. The first-order chi connectivity index (χ1) is 6.65. The summed E-state index contributed by atoms with van der Waals surface area (Å²) >= 11 is 4.80. The molecule has 1 rings (SSSR count). The number of aromatic nitrogens is 1. The van der Waals surface area contributed by atoms with Crippen LogP contribution in [0.25, 0.3) is 0 Å². The molecule has 5 heteroatoms. The Bertz CT molecular complexity index is 287. The maximum atomic E-state index is 11.6. The first-order valence-corrected chi connectivity index (χ1v) is 6.46. The third-order valence-electron chi connectivity index (χ3n) is 1.95. The molecule has 1 unspecified atom stereocenters. The van der Waals surface area contributed by atoms with E-state index in [1.54, 1.807) is 10.9 Å². The highest BCUT2D eigenvalue weighted by molar-refractivity contribution is 9.09. The van der Waals surface area contributed by atoms with Crippen LogP contribution in [0.1, 0.15) is 24.3 Å². The molecule has 1 aromatic heterocycles. The van der Waals surface area contributed by atoms with E-state index in [1.165, 1.54) is 11.3 Å². The van der Waals surface area contributed by atoms with Gasteiger partial charge in [0.1, 0.15) is 5.69 Å². The van der Waals surface area contributed by atoms with Gasteiger partial charge in [0.05, 0.1) is 5.51 Å². The van der Waals surface area contributed by atoms with Gasteiger partial charge in [-0.1, -0.05) is 29.8 Å². The largest absolute Gasteiger partial charge is 0.347 e. The third kappa shape index (κ3) is 3.06. The van der Waals surface area contributed by atoms with Crippen LogP contribution in [0.4, 0.5) is 0 Å². The molecule has 0 saturated carbocycles. The first-order valence-electron chi connectivity index (χ1n) is 4.40. The second-order valence-electron chi connectivity index (χ2n) is 3.35. The van der Waals surface area contributed by atoms with E-state index >= 15 is 0 Å². The lowest BCUT2D eigenvalue weighted by Crippen LogP contribution is -2.39. The van der Waals surface area contributed by atoms with E-state index in [1.807, 2.05) is 0 Å². The van der Waals surface area contributed by atoms with Crippen molar-refractivity contribution in [2.24, 2.45) is 5.92 Å². The molecule has 0 fully saturated rings. The van der Waals surface area contributed by atoms with Gasteiger partial charge in [-0.05, 0) is 5.92 Å². The van der Waals surface area contributed by atoms with Gasteiger partial charge in [0, 0.05) is 16.8 Å². The molecule has 3 nitrogen and oxygen atoms in total.